The molecule has 0 aliphatic carbocycles. The molecule has 25 heavy (non-hydrogen) atoms. The maximum Gasteiger partial charge on any atom is 0.254 e. The molecule has 1 aliphatic rings. The first-order valence-corrected chi connectivity index (χ1v) is 8.14. The molecule has 0 radical (unpaired) electrons. The number of pyridine rings is 1. The van der Waals surface area contributed by atoms with Crippen molar-refractivity contribution in [2.24, 2.45) is 0 Å². The lowest BCUT2D eigenvalue weighted by molar-refractivity contribution is 0.0535. The van der Waals surface area contributed by atoms with E-state index in [4.69, 9.17) is 0 Å². The molecule has 1 N–H and O–H groups in total. The Balaban J connectivity index is 1.42. The number of hydrogen-bond donors (Lipinski definition) is 1. The third-order valence-corrected chi connectivity index (χ3v) is 4.47. The number of carbonyl (C=O) groups is 2. The summed E-state index contributed by atoms with van der Waals surface area (Å²) in [4.78, 5) is 32.6. The normalized spacial score (nSPS) is 14.7. The van der Waals surface area contributed by atoms with Gasteiger partial charge in [-0.05, 0) is 30.3 Å². The topological polar surface area (TPSA) is 82.2 Å². The lowest BCUT2D eigenvalue weighted by Crippen LogP contribution is -2.50. The molecule has 0 unspecified atom stereocenters. The molecular weight excluding hydrogens is 318 g/mol. The fraction of sp³-hybridized carbons (Fsp3) is 0.222. The van der Waals surface area contributed by atoms with E-state index in [9.17, 15) is 9.59 Å². The summed E-state index contributed by atoms with van der Waals surface area (Å²) in [5.41, 5.74) is 2.17. The van der Waals surface area contributed by atoms with E-state index in [0.717, 1.165) is 10.9 Å². The molecule has 0 spiro atoms. The van der Waals surface area contributed by atoms with E-state index < -0.39 is 0 Å². The van der Waals surface area contributed by atoms with Crippen molar-refractivity contribution in [3.05, 3.63) is 60.0 Å². The van der Waals surface area contributed by atoms with Crippen LogP contribution in [0.1, 0.15) is 20.7 Å². The van der Waals surface area contributed by atoms with Crippen LogP contribution in [0.4, 0.5) is 0 Å². The predicted octanol–water partition coefficient (Wildman–Crippen LogP) is 1.56. The Bertz CT molecular complexity index is 913. The number of hydrogen-bond acceptors (Lipinski definition) is 4. The second kappa shape index (κ2) is 6.35. The van der Waals surface area contributed by atoms with Crippen LogP contribution in [0.2, 0.25) is 0 Å². The fourth-order valence-corrected chi connectivity index (χ4v) is 3.05. The smallest absolute Gasteiger partial charge is 0.254 e. The Morgan fingerprint density at radius 2 is 1.52 bits per heavy atom. The number of nitrogens with zero attached hydrogens (tertiary/aromatic N) is 4. The monoisotopic (exact) mass is 335 g/mol. The molecular formula is C18H17N5O2. The van der Waals surface area contributed by atoms with Gasteiger partial charge in [0.2, 0.25) is 0 Å². The molecule has 0 saturated carbocycles. The number of aromatic amines is 1. The van der Waals surface area contributed by atoms with Crippen molar-refractivity contribution in [1.29, 1.82) is 0 Å². The van der Waals surface area contributed by atoms with Gasteiger partial charge in [-0.3, -0.25) is 19.7 Å². The highest BCUT2D eigenvalue weighted by molar-refractivity contribution is 5.98. The number of amides is 2. The van der Waals surface area contributed by atoms with Crippen LogP contribution in [-0.2, 0) is 0 Å². The standard InChI is InChI=1S/C18H17N5O2/c24-17(13-3-5-19-6-4-13)22-7-9-23(10-8-22)18(25)14-1-2-16-15(11-14)12-20-21-16/h1-6,11-12H,7-10H2,(H,20,21). The Morgan fingerprint density at radius 3 is 2.20 bits per heavy atom. The minimum atomic E-state index is -0.0192. The first-order chi connectivity index (χ1) is 12.2. The van der Waals surface area contributed by atoms with Crippen molar-refractivity contribution in [2.45, 2.75) is 0 Å². The average molecular weight is 335 g/mol. The maximum atomic E-state index is 12.7. The summed E-state index contributed by atoms with van der Waals surface area (Å²) >= 11 is 0. The highest BCUT2D eigenvalue weighted by Crippen LogP contribution is 2.16. The Labute approximate surface area is 144 Å². The molecule has 3 heterocycles. The summed E-state index contributed by atoms with van der Waals surface area (Å²) in [6, 6.07) is 8.92. The predicted molar refractivity (Wildman–Crippen MR) is 92.1 cm³/mol. The van der Waals surface area contributed by atoms with Gasteiger partial charge < -0.3 is 9.80 Å². The lowest BCUT2D eigenvalue weighted by atomic mass is 10.1. The van der Waals surface area contributed by atoms with Crippen LogP contribution in [0.5, 0.6) is 0 Å². The van der Waals surface area contributed by atoms with Crippen molar-refractivity contribution in [3.8, 4) is 0 Å². The molecule has 2 aromatic heterocycles. The van der Waals surface area contributed by atoms with E-state index in [1.54, 1.807) is 46.6 Å². The molecule has 3 aromatic rings. The maximum absolute atomic E-state index is 12.7. The second-order valence-electron chi connectivity index (χ2n) is 5.99. The summed E-state index contributed by atoms with van der Waals surface area (Å²) < 4.78 is 0. The van der Waals surface area contributed by atoms with Gasteiger partial charge in [-0.25, -0.2) is 0 Å². The Morgan fingerprint density at radius 1 is 0.880 bits per heavy atom. The van der Waals surface area contributed by atoms with Gasteiger partial charge in [0.1, 0.15) is 0 Å². The van der Waals surface area contributed by atoms with Gasteiger partial charge in [-0.15, -0.1) is 0 Å². The van der Waals surface area contributed by atoms with Crippen LogP contribution in [0.25, 0.3) is 10.9 Å². The average Bonchev–Trinajstić information content (AvgIpc) is 3.15. The molecule has 126 valence electrons. The second-order valence-corrected chi connectivity index (χ2v) is 5.99. The van der Waals surface area contributed by atoms with E-state index in [1.807, 2.05) is 12.1 Å². The first kappa shape index (κ1) is 15.3. The van der Waals surface area contributed by atoms with Crippen molar-refractivity contribution >= 4 is 22.7 Å². The van der Waals surface area contributed by atoms with Gasteiger partial charge in [0, 0.05) is 55.1 Å². The number of carbonyl (C=O) groups excluding carboxylic acids is 2. The number of aromatic nitrogens is 3. The van der Waals surface area contributed by atoms with Crippen molar-refractivity contribution < 1.29 is 9.59 Å². The summed E-state index contributed by atoms with van der Waals surface area (Å²) in [6.45, 7) is 2.11. The number of H-pyrrole nitrogens is 1. The first-order valence-electron chi connectivity index (χ1n) is 8.14. The van der Waals surface area contributed by atoms with Gasteiger partial charge in [0.05, 0.1) is 11.7 Å². The SMILES string of the molecule is O=C(c1ccncc1)N1CCN(C(=O)c2ccc3[nH]ncc3c2)CC1. The van der Waals surface area contributed by atoms with Crippen LogP contribution in [0, 0.1) is 0 Å². The van der Waals surface area contributed by atoms with E-state index in [1.165, 1.54) is 0 Å². The van der Waals surface area contributed by atoms with Crippen molar-refractivity contribution in [1.82, 2.24) is 25.0 Å². The molecule has 7 nitrogen and oxygen atoms in total. The summed E-state index contributed by atoms with van der Waals surface area (Å²) in [5.74, 6) is -0.0339. The van der Waals surface area contributed by atoms with Crippen LogP contribution in [0.15, 0.2) is 48.9 Å². The van der Waals surface area contributed by atoms with E-state index >= 15 is 0 Å². The van der Waals surface area contributed by atoms with E-state index in [-0.39, 0.29) is 11.8 Å². The number of nitrogens with one attached hydrogen (secondary N) is 1. The highest BCUT2D eigenvalue weighted by atomic mass is 16.2. The molecule has 7 heteroatoms. The minimum Gasteiger partial charge on any atom is -0.335 e. The van der Waals surface area contributed by atoms with Gasteiger partial charge in [0.15, 0.2) is 0 Å². The molecule has 0 atom stereocenters. The summed E-state index contributed by atoms with van der Waals surface area (Å²) in [6.07, 6.45) is 4.93. The summed E-state index contributed by atoms with van der Waals surface area (Å²) in [7, 11) is 0. The molecule has 0 bridgehead atoms. The van der Waals surface area contributed by atoms with Crippen LogP contribution in [0.3, 0.4) is 0 Å². The third kappa shape index (κ3) is 2.96. The van der Waals surface area contributed by atoms with E-state index in [2.05, 4.69) is 15.2 Å². The van der Waals surface area contributed by atoms with Crippen LogP contribution >= 0.6 is 0 Å². The molecule has 2 amide bonds. The highest BCUT2D eigenvalue weighted by Gasteiger charge is 2.25. The quantitative estimate of drug-likeness (QED) is 0.770. The van der Waals surface area contributed by atoms with Gasteiger partial charge in [-0.1, -0.05) is 0 Å². The summed E-state index contributed by atoms with van der Waals surface area (Å²) in [5, 5.41) is 7.76. The number of rotatable bonds is 2. The number of piperazine rings is 1. The van der Waals surface area contributed by atoms with Crippen molar-refractivity contribution in [2.75, 3.05) is 26.2 Å². The molecule has 1 aliphatic heterocycles. The van der Waals surface area contributed by atoms with Crippen molar-refractivity contribution in [3.63, 3.8) is 0 Å². The molecule has 1 aromatic carbocycles. The largest absolute Gasteiger partial charge is 0.335 e. The zero-order valence-corrected chi connectivity index (χ0v) is 13.6. The third-order valence-electron chi connectivity index (χ3n) is 4.47. The fourth-order valence-electron chi connectivity index (χ4n) is 3.05. The lowest BCUT2D eigenvalue weighted by Gasteiger charge is -2.34. The molecule has 1 saturated heterocycles. The number of benzene rings is 1. The molecule has 4 rings (SSSR count). The van der Waals surface area contributed by atoms with Gasteiger partial charge in [0.25, 0.3) is 11.8 Å². The van der Waals surface area contributed by atoms with Crippen LogP contribution in [-0.4, -0.2) is 63.0 Å². The zero-order chi connectivity index (χ0) is 17.2. The Kier molecular flexibility index (Phi) is 3.89. The van der Waals surface area contributed by atoms with Gasteiger partial charge >= 0.3 is 0 Å². The number of fused-ring (bicyclic) bond motifs is 1. The van der Waals surface area contributed by atoms with Crippen LogP contribution < -0.4 is 0 Å². The zero-order valence-electron chi connectivity index (χ0n) is 13.6. The van der Waals surface area contributed by atoms with E-state index in [0.29, 0.717) is 37.3 Å². The Hall–Kier alpha value is -3.22. The minimum absolute atomic E-state index is 0.0147. The van der Waals surface area contributed by atoms with Gasteiger partial charge in [-0.2, -0.15) is 5.10 Å². The molecule has 1 fully saturated rings.